The van der Waals surface area contributed by atoms with Crippen LogP contribution in [0, 0.1) is 50.2 Å². The van der Waals surface area contributed by atoms with Crippen molar-refractivity contribution in [1.29, 1.82) is 0 Å². The zero-order valence-electron chi connectivity index (χ0n) is 43.6. The van der Waals surface area contributed by atoms with E-state index in [4.69, 9.17) is 42.6 Å². The van der Waals surface area contributed by atoms with Crippen LogP contribution in [0.3, 0.4) is 0 Å². The molecule has 0 aromatic carbocycles. The maximum absolute atomic E-state index is 14.4. The van der Waals surface area contributed by atoms with Crippen LogP contribution in [-0.4, -0.2) is 193 Å². The average molecular weight is 1060 g/mol. The third-order valence-corrected chi connectivity index (χ3v) is 20.5. The van der Waals surface area contributed by atoms with Gasteiger partial charge in [-0.1, -0.05) is 53.2 Å². The first-order chi connectivity index (χ1) is 34.5. The topological polar surface area (TPSA) is 333 Å². The molecule has 8 fully saturated rings. The SMILES string of the molecule is CC(=O)OCC1(C)CC2C3=CCC4C5(C)CCC(OC6OC(C(=O)O)C(O)C(O)C6OC6OC(CO)C(O)C(O)C6OC6OC(C)C(O)C(O)C6O)C(C)(C)C5CCC4(C)C3(C)C3CC2(CC1OC(C)=O)C(=O)O3. The van der Waals surface area contributed by atoms with Gasteiger partial charge >= 0.3 is 23.9 Å². The number of rotatable bonds is 11. The van der Waals surface area contributed by atoms with Crippen LogP contribution < -0.4 is 0 Å². The first-order valence-electron chi connectivity index (χ1n) is 26.3. The summed E-state index contributed by atoms with van der Waals surface area (Å²) in [6.07, 6.45) is -21.5. The Hall–Kier alpha value is -2.94. The van der Waals surface area contributed by atoms with Crippen molar-refractivity contribution in [3.05, 3.63) is 11.6 Å². The fourth-order valence-electron chi connectivity index (χ4n) is 16.2. The van der Waals surface area contributed by atoms with Gasteiger partial charge < -0.3 is 88.6 Å². The van der Waals surface area contributed by atoms with Crippen LogP contribution in [0.25, 0.3) is 0 Å². The smallest absolute Gasteiger partial charge is 0.335 e. The number of esters is 3. The molecule has 0 radical (unpaired) electrons. The summed E-state index contributed by atoms with van der Waals surface area (Å²) in [7, 11) is 0. The summed E-state index contributed by atoms with van der Waals surface area (Å²) in [5, 5.41) is 97.1. The highest BCUT2D eigenvalue weighted by Gasteiger charge is 2.76. The summed E-state index contributed by atoms with van der Waals surface area (Å²) in [6.45, 7) is 16.2. The van der Waals surface area contributed by atoms with Gasteiger partial charge in [0.05, 0.1) is 24.2 Å². The molecule has 26 atom stereocenters. The quantitative estimate of drug-likeness (QED) is 0.0584. The maximum Gasteiger partial charge on any atom is 0.335 e. The minimum atomic E-state index is -2.08. The van der Waals surface area contributed by atoms with E-state index in [0.29, 0.717) is 32.1 Å². The Balaban J connectivity index is 0.993. The van der Waals surface area contributed by atoms with E-state index in [1.807, 2.05) is 6.92 Å². The van der Waals surface area contributed by atoms with Gasteiger partial charge in [0.1, 0.15) is 79.9 Å². The van der Waals surface area contributed by atoms with Crippen LogP contribution in [0.15, 0.2) is 11.6 Å². The minimum Gasteiger partial charge on any atom is -0.479 e. The highest BCUT2D eigenvalue weighted by atomic mass is 16.8. The number of aliphatic hydroxyl groups excluding tert-OH is 8. The molecule has 0 amide bonds. The lowest BCUT2D eigenvalue weighted by Gasteiger charge is -2.71. The van der Waals surface area contributed by atoms with Gasteiger partial charge in [-0.15, -0.1) is 0 Å². The first kappa shape index (κ1) is 55.8. The van der Waals surface area contributed by atoms with Crippen LogP contribution in [0.1, 0.15) is 114 Å². The Labute approximate surface area is 429 Å². The van der Waals surface area contributed by atoms with E-state index >= 15 is 0 Å². The van der Waals surface area contributed by atoms with Gasteiger partial charge in [-0.25, -0.2) is 4.79 Å². The largest absolute Gasteiger partial charge is 0.479 e. The maximum atomic E-state index is 14.4. The lowest BCUT2D eigenvalue weighted by molar-refractivity contribution is -0.395. The van der Waals surface area contributed by atoms with Crippen molar-refractivity contribution in [2.45, 2.75) is 224 Å². The molecule has 0 aromatic rings. The number of aliphatic carboxylic acids is 1. The highest BCUT2D eigenvalue weighted by Crippen LogP contribution is 2.78. The molecule has 4 saturated heterocycles. The van der Waals surface area contributed by atoms with E-state index in [9.17, 15) is 65.1 Å². The normalized spacial score (nSPS) is 52.5. The number of fused-ring (bicyclic) bond motifs is 8. The molecule has 418 valence electrons. The van der Waals surface area contributed by atoms with Gasteiger partial charge in [0.25, 0.3) is 0 Å². The molecule has 74 heavy (non-hydrogen) atoms. The average Bonchev–Trinajstić information content (AvgIpc) is 3.63. The Morgan fingerprint density at radius 2 is 1.35 bits per heavy atom. The second-order valence-electron chi connectivity index (χ2n) is 24.7. The monoisotopic (exact) mass is 1050 g/mol. The molecule has 1 spiro atoms. The van der Waals surface area contributed by atoms with E-state index in [1.165, 1.54) is 20.8 Å². The summed E-state index contributed by atoms with van der Waals surface area (Å²) in [6, 6.07) is 0. The van der Waals surface area contributed by atoms with Crippen molar-refractivity contribution in [3.8, 4) is 0 Å². The third-order valence-electron chi connectivity index (χ3n) is 20.5. The van der Waals surface area contributed by atoms with Crippen molar-refractivity contribution >= 4 is 23.9 Å². The molecule has 9 rings (SSSR count). The molecule has 2 bridgehead atoms. The second-order valence-corrected chi connectivity index (χ2v) is 24.7. The third kappa shape index (κ3) is 8.49. The molecule has 9 N–H and O–H groups in total. The summed E-state index contributed by atoms with van der Waals surface area (Å²) < 4.78 is 54.5. The molecule has 26 unspecified atom stereocenters. The van der Waals surface area contributed by atoms with Crippen LogP contribution >= 0.6 is 0 Å². The van der Waals surface area contributed by atoms with Gasteiger partial charge in [0.2, 0.25) is 0 Å². The number of carboxylic acid groups (broad SMARTS) is 1. The zero-order valence-corrected chi connectivity index (χ0v) is 43.6. The lowest BCUT2D eigenvalue weighted by atomic mass is 9.33. The predicted molar refractivity (Wildman–Crippen MR) is 249 cm³/mol. The minimum absolute atomic E-state index is 0.0151. The molecule has 4 aliphatic heterocycles. The van der Waals surface area contributed by atoms with Crippen molar-refractivity contribution in [3.63, 3.8) is 0 Å². The number of allylic oxidation sites excluding steroid dienone is 1. The van der Waals surface area contributed by atoms with Gasteiger partial charge in [0.15, 0.2) is 25.0 Å². The molecule has 4 heterocycles. The molecule has 22 heteroatoms. The molecule has 0 aromatic heterocycles. The zero-order chi connectivity index (χ0) is 54.2. The molecular weight excluding hydrogens is 977 g/mol. The standard InChI is InChI=1S/C52H78O22/c1-21-32(56)34(58)38(62)43(67-21)73-40-35(59)33(57)26(19-53)69-44(40)74-41-37(61)36(60)39(42(63)64)72-45(41)70-29-13-14-49(7)27(47(29,4)5)12-15-50(8)28(49)11-10-24-25-16-48(6,20-66-22(2)54)30(68-23(3)55)17-52(25)18-31(51(24,50)9)71-46(52)65/h10,21,25-41,43-45,53,56-62H,11-20H2,1-9H3,(H,63,64). The number of carbonyl (C=O) groups excluding carboxylic acids is 3. The van der Waals surface area contributed by atoms with Crippen molar-refractivity contribution in [1.82, 2.24) is 0 Å². The Bertz CT molecular complexity index is 2210. The van der Waals surface area contributed by atoms with Crippen LogP contribution in [0.2, 0.25) is 0 Å². The van der Waals surface area contributed by atoms with Crippen molar-refractivity contribution in [2.24, 2.45) is 50.2 Å². The number of hydrogen-bond donors (Lipinski definition) is 9. The summed E-state index contributed by atoms with van der Waals surface area (Å²) in [5.41, 5.74) is -2.52. The Morgan fingerprint density at radius 3 is 1.99 bits per heavy atom. The Morgan fingerprint density at radius 1 is 0.703 bits per heavy atom. The van der Waals surface area contributed by atoms with Gasteiger partial charge in [0, 0.05) is 37.5 Å². The first-order valence-corrected chi connectivity index (χ1v) is 26.3. The van der Waals surface area contributed by atoms with Crippen LogP contribution in [-0.2, 0) is 61.8 Å². The summed E-state index contributed by atoms with van der Waals surface area (Å²) >= 11 is 0. The van der Waals surface area contributed by atoms with Crippen molar-refractivity contribution < 1.29 is 108 Å². The molecular formula is C52H78O22. The van der Waals surface area contributed by atoms with Gasteiger partial charge in [-0.05, 0) is 79.4 Å². The van der Waals surface area contributed by atoms with E-state index in [-0.39, 0.29) is 47.6 Å². The number of aliphatic hydroxyl groups is 8. The van der Waals surface area contributed by atoms with Crippen LogP contribution in [0.5, 0.6) is 0 Å². The van der Waals surface area contributed by atoms with Gasteiger partial charge in [-0.2, -0.15) is 0 Å². The molecule has 5 aliphatic carbocycles. The Kier molecular flexibility index (Phi) is 14.7. The number of hydrogen-bond acceptors (Lipinski definition) is 21. The summed E-state index contributed by atoms with van der Waals surface area (Å²) in [4.78, 5) is 51.6. The molecule has 22 nitrogen and oxygen atoms in total. The van der Waals surface area contributed by atoms with Gasteiger partial charge in [-0.3, -0.25) is 14.4 Å². The second kappa shape index (κ2) is 19.5. The number of ether oxygens (including phenoxy) is 9. The lowest BCUT2D eigenvalue weighted by Crippen LogP contribution is -2.68. The summed E-state index contributed by atoms with van der Waals surface area (Å²) in [5.74, 6) is -3.03. The van der Waals surface area contributed by atoms with E-state index < -0.39 is 157 Å². The fraction of sp³-hybridized carbons (Fsp3) is 0.885. The van der Waals surface area contributed by atoms with Crippen molar-refractivity contribution in [2.75, 3.05) is 13.2 Å². The molecule has 9 aliphatic rings. The van der Waals surface area contributed by atoms with E-state index in [0.717, 1.165) is 18.4 Å². The predicted octanol–water partition coefficient (Wildman–Crippen LogP) is 0.362. The highest BCUT2D eigenvalue weighted by molar-refractivity contribution is 5.82. The molecule has 4 saturated carbocycles. The van der Waals surface area contributed by atoms with E-state index in [1.54, 1.807) is 0 Å². The number of carboxylic acids is 1. The fourth-order valence-corrected chi connectivity index (χ4v) is 16.2. The van der Waals surface area contributed by atoms with Crippen LogP contribution in [0.4, 0.5) is 0 Å². The van der Waals surface area contributed by atoms with E-state index in [2.05, 4.69) is 40.7 Å². The number of carbonyl (C=O) groups is 4.